The third kappa shape index (κ3) is 4.73. The Bertz CT molecular complexity index is 1380. The van der Waals surface area contributed by atoms with Crippen molar-refractivity contribution in [2.45, 2.75) is 87.1 Å². The lowest BCUT2D eigenvalue weighted by molar-refractivity contribution is -0.134. The van der Waals surface area contributed by atoms with Crippen LogP contribution in [0.3, 0.4) is 0 Å². The molecular formula is C31H38Cl2N4O5. The van der Waals surface area contributed by atoms with Gasteiger partial charge >= 0.3 is 0 Å². The van der Waals surface area contributed by atoms with Crippen molar-refractivity contribution in [3.63, 3.8) is 0 Å². The number of methoxy groups -OCH3 is 1. The summed E-state index contributed by atoms with van der Waals surface area (Å²) >= 11 is 12.8. The zero-order valence-electron chi connectivity index (χ0n) is 24.1. The van der Waals surface area contributed by atoms with Crippen molar-refractivity contribution in [2.75, 3.05) is 25.6 Å². The van der Waals surface area contributed by atoms with Gasteiger partial charge in [-0.3, -0.25) is 14.9 Å². The molecule has 2 aromatic rings. The van der Waals surface area contributed by atoms with Crippen LogP contribution in [0.25, 0.3) is 0 Å². The first-order chi connectivity index (χ1) is 20.0. The van der Waals surface area contributed by atoms with Gasteiger partial charge in [0.25, 0.3) is 0 Å². The first-order valence-electron chi connectivity index (χ1n) is 14.6. The van der Waals surface area contributed by atoms with Gasteiger partial charge in [0.05, 0.1) is 31.4 Å². The number of nitrogens with one attached hydrogen (secondary N) is 3. The predicted molar refractivity (Wildman–Crippen MR) is 160 cm³/mol. The maximum Gasteiger partial charge on any atom is 0.238 e. The van der Waals surface area contributed by atoms with Crippen molar-refractivity contribution >= 4 is 40.7 Å². The van der Waals surface area contributed by atoms with Crippen molar-refractivity contribution in [1.29, 1.82) is 0 Å². The average Bonchev–Trinajstić information content (AvgIpc) is 3.42. The molecule has 2 saturated heterocycles. The molecule has 6 rings (SSSR count). The van der Waals surface area contributed by atoms with Crippen LogP contribution in [-0.4, -0.2) is 72.1 Å². The van der Waals surface area contributed by atoms with Crippen LogP contribution in [0.4, 0.5) is 5.69 Å². The molecule has 4 heterocycles. The quantitative estimate of drug-likeness (QED) is 0.375. The molecule has 4 aliphatic rings. The first-order valence-corrected chi connectivity index (χ1v) is 15.4. The average molecular weight is 618 g/mol. The minimum atomic E-state index is -1.10. The van der Waals surface area contributed by atoms with Gasteiger partial charge in [-0.2, -0.15) is 0 Å². The van der Waals surface area contributed by atoms with Gasteiger partial charge < -0.3 is 25.2 Å². The van der Waals surface area contributed by atoms with Gasteiger partial charge in [0.2, 0.25) is 11.8 Å². The highest BCUT2D eigenvalue weighted by atomic mass is 35.5. The largest absolute Gasteiger partial charge is 0.394 e. The molecule has 0 radical (unpaired) electrons. The van der Waals surface area contributed by atoms with Crippen molar-refractivity contribution in [1.82, 2.24) is 15.6 Å². The second kappa shape index (κ2) is 11.0. The summed E-state index contributed by atoms with van der Waals surface area (Å²) < 4.78 is 11.4. The number of aromatic nitrogens is 1. The Labute approximate surface area is 256 Å². The van der Waals surface area contributed by atoms with E-state index in [2.05, 4.69) is 34.8 Å². The zero-order valence-corrected chi connectivity index (χ0v) is 25.6. The van der Waals surface area contributed by atoms with Gasteiger partial charge in [-0.05, 0) is 72.9 Å². The number of hydrogen-bond acceptors (Lipinski definition) is 7. The van der Waals surface area contributed by atoms with Gasteiger partial charge in [0.1, 0.15) is 16.7 Å². The van der Waals surface area contributed by atoms with Crippen LogP contribution in [0, 0.1) is 5.41 Å². The molecule has 4 N–H and O–H groups in total. The molecule has 3 aliphatic heterocycles. The highest BCUT2D eigenvalue weighted by Crippen LogP contribution is 2.63. The lowest BCUT2D eigenvalue weighted by Gasteiger charge is -2.50. The van der Waals surface area contributed by atoms with Gasteiger partial charge in [0.15, 0.2) is 0 Å². The number of nitrogens with zero attached hydrogens (tertiary/aromatic N) is 1. The number of carbonyl (C=O) groups is 2. The summed E-state index contributed by atoms with van der Waals surface area (Å²) in [6.45, 7) is 4.60. The molecule has 2 amide bonds. The molecule has 42 heavy (non-hydrogen) atoms. The molecule has 6 atom stereocenters. The number of halogens is 2. The Hall–Kier alpha value is -2.27. The topological polar surface area (TPSA) is 122 Å². The first kappa shape index (κ1) is 29.8. The number of amides is 2. The molecule has 1 aliphatic carbocycles. The summed E-state index contributed by atoms with van der Waals surface area (Å²) in [5, 5.41) is 20.6. The minimum Gasteiger partial charge on any atom is -0.394 e. The molecule has 2 spiro atoms. The number of benzene rings is 1. The Balaban J connectivity index is 1.47. The molecule has 1 aromatic carbocycles. The van der Waals surface area contributed by atoms with Crippen LogP contribution in [0.5, 0.6) is 0 Å². The van der Waals surface area contributed by atoms with Crippen molar-refractivity contribution in [3.8, 4) is 0 Å². The van der Waals surface area contributed by atoms with E-state index in [1.807, 2.05) is 18.2 Å². The van der Waals surface area contributed by atoms with Crippen molar-refractivity contribution < 1.29 is 24.2 Å². The Morgan fingerprint density at radius 2 is 1.95 bits per heavy atom. The minimum absolute atomic E-state index is 0.111. The molecule has 9 nitrogen and oxygen atoms in total. The molecule has 3 fully saturated rings. The highest BCUT2D eigenvalue weighted by molar-refractivity contribution is 6.31. The summed E-state index contributed by atoms with van der Waals surface area (Å²) in [6, 6.07) is 8.07. The number of ether oxygens (including phenoxy) is 2. The Morgan fingerprint density at radius 3 is 2.64 bits per heavy atom. The fraction of sp³-hybridized carbons (Fsp3) is 0.581. The molecule has 0 bridgehead atoms. The van der Waals surface area contributed by atoms with E-state index in [-0.39, 0.29) is 42.6 Å². The van der Waals surface area contributed by atoms with E-state index in [4.69, 9.17) is 32.7 Å². The lowest BCUT2D eigenvalue weighted by atomic mass is 9.53. The molecule has 1 saturated carbocycles. The van der Waals surface area contributed by atoms with Crippen LogP contribution in [0.15, 0.2) is 36.5 Å². The molecule has 3 unspecified atom stereocenters. The van der Waals surface area contributed by atoms with Crippen LogP contribution < -0.4 is 16.0 Å². The molecule has 226 valence electrons. The maximum atomic E-state index is 14.5. The van der Waals surface area contributed by atoms with Crippen molar-refractivity contribution in [2.24, 2.45) is 5.41 Å². The lowest BCUT2D eigenvalue weighted by Crippen LogP contribution is -2.61. The summed E-state index contributed by atoms with van der Waals surface area (Å²) in [5.41, 5.74) is 0.578. The van der Waals surface area contributed by atoms with E-state index in [0.717, 1.165) is 24.0 Å². The number of aliphatic hydroxyl groups is 1. The predicted octanol–water partition coefficient (Wildman–Crippen LogP) is 3.95. The number of aliphatic hydroxyl groups excluding tert-OH is 1. The van der Waals surface area contributed by atoms with Crippen LogP contribution >= 0.6 is 23.2 Å². The van der Waals surface area contributed by atoms with Crippen molar-refractivity contribution in [3.05, 3.63) is 57.8 Å². The molecular weight excluding hydrogens is 579 g/mol. The smallest absolute Gasteiger partial charge is 0.238 e. The normalized spacial score (nSPS) is 33.0. The fourth-order valence-corrected chi connectivity index (χ4v) is 8.31. The van der Waals surface area contributed by atoms with E-state index >= 15 is 0 Å². The van der Waals surface area contributed by atoms with E-state index < -0.39 is 29.0 Å². The van der Waals surface area contributed by atoms with Gasteiger partial charge in [-0.1, -0.05) is 43.1 Å². The summed E-state index contributed by atoms with van der Waals surface area (Å²) in [7, 11) is 1.57. The third-order valence-corrected chi connectivity index (χ3v) is 10.6. The summed E-state index contributed by atoms with van der Waals surface area (Å²) in [6.07, 6.45) is 4.54. The Kier molecular flexibility index (Phi) is 7.82. The second-order valence-corrected chi connectivity index (χ2v) is 13.8. The number of fused-ring (bicyclic) bond motifs is 3. The monoisotopic (exact) mass is 616 g/mol. The SMILES string of the molecule is CO[C@H]1C[C@@H](NC(=O)C2NC3(CCC(C)(C)CC3)C3(C(=O)Nc4cc(Cl)ccc43)C2c2ccnc(Cl)c2)CO[C@@H]1CO. The summed E-state index contributed by atoms with van der Waals surface area (Å²) in [4.78, 5) is 33.1. The Morgan fingerprint density at radius 1 is 1.19 bits per heavy atom. The molecule has 1 aromatic heterocycles. The van der Waals surface area contributed by atoms with E-state index in [1.165, 1.54) is 0 Å². The summed E-state index contributed by atoms with van der Waals surface area (Å²) in [5.74, 6) is -0.962. The zero-order chi connectivity index (χ0) is 29.9. The number of pyridine rings is 1. The van der Waals surface area contributed by atoms with Gasteiger partial charge in [0, 0.05) is 35.5 Å². The van der Waals surface area contributed by atoms with E-state index in [9.17, 15) is 14.7 Å². The van der Waals surface area contributed by atoms with Crippen LogP contribution in [0.1, 0.15) is 63.0 Å². The second-order valence-electron chi connectivity index (χ2n) is 13.0. The standard InChI is InChI=1S/C31H38Cl2N4O5/c1-29(2)7-9-30(10-8-29)31(20-5-4-18(32)13-21(20)36-28(31)40)25(17-6-11-34-24(33)12-17)26(37-30)27(39)35-19-14-22(41-3)23(15-38)42-16-19/h4-6,11-13,19,22-23,25-26,37-38H,7-10,14-16H2,1-3H3,(H,35,39)(H,36,40)/t19-,22+,23-,25?,26?,31?/m1/s1. The van der Waals surface area contributed by atoms with Crippen LogP contribution in [-0.2, 0) is 24.5 Å². The number of hydrogen-bond donors (Lipinski definition) is 4. The van der Waals surface area contributed by atoms with Gasteiger partial charge in [-0.25, -0.2) is 4.98 Å². The fourth-order valence-electron chi connectivity index (χ4n) is 7.95. The number of rotatable bonds is 5. The third-order valence-electron chi connectivity index (χ3n) is 10.1. The molecule has 11 heteroatoms. The van der Waals surface area contributed by atoms with Gasteiger partial charge in [-0.15, -0.1) is 0 Å². The van der Waals surface area contributed by atoms with Crippen LogP contribution in [0.2, 0.25) is 10.2 Å². The number of anilines is 1. The maximum absolute atomic E-state index is 14.5. The highest BCUT2D eigenvalue weighted by Gasteiger charge is 2.72. The van der Waals surface area contributed by atoms with E-state index in [0.29, 0.717) is 35.1 Å². The number of carbonyl (C=O) groups excluding carboxylic acids is 2. The van der Waals surface area contributed by atoms with E-state index in [1.54, 1.807) is 25.4 Å².